The van der Waals surface area contributed by atoms with Gasteiger partial charge in [-0.25, -0.2) is 35.0 Å². The number of aromatic nitrogens is 8. The number of halogens is 2. The SMILES string of the molecule is C[C@H](Cn1cnc2c(N)ncnc21)OCP(=O)(O)N[C@@H](C)C(=O)OCc1ccccc1.C[C@H](Cn1cnc2c(N)ncnc21)OCP(=O)(O)O.C[C@H](N)C(=O)OCc1ccccc1.Cl.[3H]F.[V]. The van der Waals surface area contributed by atoms with Crippen LogP contribution in [0.2, 0.25) is 0 Å². The molecule has 5 atom stereocenters. The van der Waals surface area contributed by atoms with E-state index in [0.29, 0.717) is 42.0 Å². The second-order valence-electron chi connectivity index (χ2n) is 14.1. The number of ether oxygens (including phenoxy) is 4. The molecule has 0 amide bonds. The summed E-state index contributed by atoms with van der Waals surface area (Å²) in [6.07, 6.45) is 3.83. The molecule has 0 spiro atoms. The second kappa shape index (κ2) is 28.3. The number of benzene rings is 2. The average Bonchev–Trinajstić information content (AvgIpc) is 3.90. The summed E-state index contributed by atoms with van der Waals surface area (Å²) in [6.45, 7) is 7.58. The molecule has 6 aromatic rings. The van der Waals surface area contributed by atoms with E-state index in [0.717, 1.165) is 11.1 Å². The van der Waals surface area contributed by atoms with Gasteiger partial charge in [0, 0.05) is 18.6 Å². The fourth-order valence-corrected chi connectivity index (χ4v) is 6.97. The van der Waals surface area contributed by atoms with Crippen molar-refractivity contribution in [3.8, 4) is 0 Å². The van der Waals surface area contributed by atoms with Gasteiger partial charge in [-0.3, -0.25) is 23.4 Å². The number of carbonyl (C=O) groups is 2. The van der Waals surface area contributed by atoms with Gasteiger partial charge in [-0.2, -0.15) is 0 Å². The zero-order chi connectivity index (χ0) is 48.2. The van der Waals surface area contributed by atoms with Crippen molar-refractivity contribution >= 4 is 73.4 Å². The molecule has 1 radical (unpaired) electrons. The predicted octanol–water partition coefficient (Wildman–Crippen LogP) is 3.28. The third kappa shape index (κ3) is 19.9. The Balaban J connectivity index is 0.000000532. The fraction of sp³-hybridized carbons (Fsp3) is 0.368. The maximum atomic E-state index is 12.4. The number of anilines is 2. The molecule has 23 nitrogen and oxygen atoms in total. The van der Waals surface area contributed by atoms with Crippen LogP contribution in [0, 0.1) is 0 Å². The fourth-order valence-electron chi connectivity index (χ4n) is 5.28. The van der Waals surface area contributed by atoms with Crippen molar-refractivity contribution in [3.63, 3.8) is 0 Å². The molecule has 1 unspecified atom stereocenters. The van der Waals surface area contributed by atoms with Crippen LogP contribution in [0.3, 0.4) is 0 Å². The number of imidazole rings is 2. The van der Waals surface area contributed by atoms with Gasteiger partial charge in [0.25, 0.3) is 8.97 Å². The summed E-state index contributed by atoms with van der Waals surface area (Å²) in [6, 6.07) is 17.1. The Hall–Kier alpha value is -4.94. The normalized spacial score (nSPS) is 13.7. The summed E-state index contributed by atoms with van der Waals surface area (Å²) in [7, 11) is -8.10. The first-order chi connectivity index (χ1) is 30.8. The van der Waals surface area contributed by atoms with Crippen LogP contribution in [0.1, 0.15) is 38.8 Å². The van der Waals surface area contributed by atoms with E-state index in [1.54, 1.807) is 36.2 Å². The number of esters is 2. The van der Waals surface area contributed by atoms with E-state index in [1.165, 1.54) is 25.9 Å². The van der Waals surface area contributed by atoms with Crippen molar-refractivity contribution < 1.29 is 75.6 Å². The van der Waals surface area contributed by atoms with E-state index in [-0.39, 0.29) is 55.2 Å². The van der Waals surface area contributed by atoms with E-state index < -0.39 is 58.1 Å². The van der Waals surface area contributed by atoms with Gasteiger partial charge in [-0.15, -0.1) is 12.4 Å². The van der Waals surface area contributed by atoms with Crippen molar-refractivity contribution in [3.05, 3.63) is 97.1 Å². The zero-order valence-electron chi connectivity index (χ0n) is 37.2. The smallest absolute Gasteiger partial charge is 0.350 e. The van der Waals surface area contributed by atoms with Gasteiger partial charge in [0.1, 0.15) is 61.7 Å². The van der Waals surface area contributed by atoms with Crippen molar-refractivity contribution in [2.45, 2.75) is 78.3 Å². The largest absolute Gasteiger partial charge is 0.460 e. The molecule has 0 aliphatic rings. The molecular weight excluding hydrogens is 968 g/mol. The molecule has 28 heteroatoms. The minimum Gasteiger partial charge on any atom is -0.460 e. The Bertz CT molecular complexity index is 2500. The van der Waals surface area contributed by atoms with E-state index in [4.69, 9.17) is 50.7 Å². The summed E-state index contributed by atoms with van der Waals surface area (Å²) in [5.41, 5.74) is 20.6. The zero-order valence-corrected chi connectivity index (χ0v) is 40.2. The maximum absolute atomic E-state index is 12.4. The number of nitrogens with zero attached hydrogens (tertiary/aromatic N) is 8. The van der Waals surface area contributed by atoms with Gasteiger partial charge in [-0.1, -0.05) is 60.7 Å². The molecule has 0 fully saturated rings. The number of rotatable bonds is 18. The van der Waals surface area contributed by atoms with E-state index in [9.17, 15) is 23.6 Å². The number of nitrogens with one attached hydrogen (secondary N) is 1. The average molecular weight is 1020 g/mol. The van der Waals surface area contributed by atoms with Gasteiger partial charge in [0.15, 0.2) is 22.9 Å². The van der Waals surface area contributed by atoms with Crippen LogP contribution in [0.25, 0.3) is 22.3 Å². The molecule has 0 saturated heterocycles. The number of hydrogen-bond donors (Lipinski definition) is 7. The molecule has 4 aromatic heterocycles. The summed E-state index contributed by atoms with van der Waals surface area (Å²) in [5, 5.41) is 2.40. The van der Waals surface area contributed by atoms with Crippen LogP contribution in [0.5, 0.6) is 0 Å². The molecule has 10 N–H and O–H groups in total. The van der Waals surface area contributed by atoms with Crippen LogP contribution >= 0.6 is 27.5 Å². The van der Waals surface area contributed by atoms with Crippen molar-refractivity contribution in [1.29, 1.82) is 1.45 Å². The van der Waals surface area contributed by atoms with Gasteiger partial charge in [-0.05, 0) is 38.8 Å². The Morgan fingerprint density at radius 1 is 0.712 bits per heavy atom. The monoisotopic (exact) mass is 1020 g/mol. The number of nitrogen functional groups attached to an aromatic ring is 2. The molecule has 4 heterocycles. The third-order valence-electron chi connectivity index (χ3n) is 8.40. The van der Waals surface area contributed by atoms with E-state index in [1.807, 2.05) is 60.7 Å². The molecule has 0 aliphatic heterocycles. The molecule has 0 bridgehead atoms. The van der Waals surface area contributed by atoms with Crippen molar-refractivity contribution in [2.24, 2.45) is 5.73 Å². The second-order valence-corrected chi connectivity index (χ2v) is 17.6. The van der Waals surface area contributed by atoms with E-state index in [2.05, 4.69) is 36.4 Å². The minimum atomic E-state index is -4.16. The Morgan fingerprint density at radius 3 is 1.53 bits per heavy atom. The van der Waals surface area contributed by atoms with Crippen LogP contribution in [0.15, 0.2) is 86.0 Å². The van der Waals surface area contributed by atoms with Gasteiger partial charge < -0.3 is 60.0 Å². The number of nitrogens with two attached hydrogens (primary N) is 3. The quantitative estimate of drug-likeness (QED) is 0.0480. The number of hydrogen-bond acceptors (Lipinski definition) is 17. The Labute approximate surface area is 398 Å². The first-order valence-electron chi connectivity index (χ1n) is 19.6. The van der Waals surface area contributed by atoms with Crippen LogP contribution in [0.4, 0.5) is 16.4 Å². The topological polar surface area (TPSA) is 343 Å². The number of fused-ring (bicyclic) bond motifs is 2. The molecule has 6 rings (SSSR count). The van der Waals surface area contributed by atoms with Gasteiger partial charge in [0.2, 0.25) is 0 Å². The Morgan fingerprint density at radius 2 is 1.12 bits per heavy atom. The van der Waals surface area contributed by atoms with Crippen LogP contribution in [-0.4, -0.2) is 104 Å². The van der Waals surface area contributed by atoms with Crippen LogP contribution < -0.4 is 22.3 Å². The van der Waals surface area contributed by atoms with E-state index >= 15 is 0 Å². The molecule has 0 saturated carbocycles. The van der Waals surface area contributed by atoms with Crippen molar-refractivity contribution in [1.82, 2.24) is 44.1 Å². The summed E-state index contributed by atoms with van der Waals surface area (Å²) in [5.74, 6) is -0.445. The molecule has 2 aromatic carbocycles. The van der Waals surface area contributed by atoms with Crippen molar-refractivity contribution in [2.75, 3.05) is 24.2 Å². The first-order valence-corrected chi connectivity index (χ1v) is 22.8. The summed E-state index contributed by atoms with van der Waals surface area (Å²) < 4.78 is 60.2. The first kappa shape index (κ1) is 57.2. The minimum absolute atomic E-state index is 0. The maximum Gasteiger partial charge on any atom is 0.350 e. The standard InChI is InChI=1S/C19H25N6O5P.C10H13NO2.C9H14N5O4P.ClH.FH.V/c1-13(8-25-11-23-16-17(20)21-10-22-18(16)25)30-12-31(27,28)24-14(2)19(26)29-9-15-6-4-3-5-7-15;1-8(11)10(12)13-7-9-5-3-2-4-6-9;1-6(18-5-19(15,16)17)2-14-4-13-7-8(10)11-3-12-9(7)14;;;/h3-7,10-11,13-14H,8-9,12H2,1-2H3,(H2,20,21,22)(H2,24,27,28);2-6,8H,7,11H2,1H3;3-4,6H,2,5H2,1H3,(H2,10,11,12)(H2,15,16,17);2*1H;/t13-,14+;8-;6-;;;/m101.../s1/i/hT. The van der Waals surface area contributed by atoms with Crippen LogP contribution in [-0.2, 0) is 82.5 Å². The predicted molar refractivity (Wildman–Crippen MR) is 241 cm³/mol. The third-order valence-corrected chi connectivity index (χ3v) is 10.2. The van der Waals surface area contributed by atoms with Gasteiger partial charge in [0.05, 0.1) is 38.0 Å². The summed E-state index contributed by atoms with van der Waals surface area (Å²) >= 11 is 0. The molecule has 0 aliphatic carbocycles. The summed E-state index contributed by atoms with van der Waals surface area (Å²) in [4.78, 5) is 74.9. The molecular formula is C38H54ClFN12O11P2V. The molecule has 361 valence electrons. The Kier molecular flexibility index (Phi) is 24.5. The molecule has 66 heavy (non-hydrogen) atoms. The van der Waals surface area contributed by atoms with Gasteiger partial charge >= 0.3 is 19.5 Å². The number of carbonyl (C=O) groups excluding carboxylic acids is 2.